The molecule has 9 heteroatoms. The van der Waals surface area contributed by atoms with Crippen molar-refractivity contribution in [3.05, 3.63) is 0 Å². The SMILES string of the molecule is CSCC[C@@]1(C(=O)OCC(Cl)(Cl)Cl)N=C(C(C)(C)C)OC1=O. The second kappa shape index (κ2) is 7.16. The Labute approximate surface area is 149 Å². The zero-order valence-electron chi connectivity index (χ0n) is 12.7. The Morgan fingerprint density at radius 3 is 2.36 bits per heavy atom. The van der Waals surface area contributed by atoms with E-state index in [-0.39, 0.29) is 12.3 Å². The quantitative estimate of drug-likeness (QED) is 0.409. The molecule has 0 spiro atoms. The van der Waals surface area contributed by atoms with E-state index < -0.39 is 33.3 Å². The maximum absolute atomic E-state index is 12.4. The molecule has 0 fully saturated rings. The van der Waals surface area contributed by atoms with E-state index in [1.54, 1.807) is 0 Å². The summed E-state index contributed by atoms with van der Waals surface area (Å²) in [5, 5.41) is 0. The van der Waals surface area contributed by atoms with Gasteiger partial charge in [0.1, 0.15) is 6.61 Å². The van der Waals surface area contributed by atoms with Crippen molar-refractivity contribution in [3.63, 3.8) is 0 Å². The molecule has 0 radical (unpaired) electrons. The van der Waals surface area contributed by atoms with Crippen molar-refractivity contribution in [2.45, 2.75) is 36.5 Å². The number of carbonyl (C=O) groups is 2. The molecule has 0 saturated carbocycles. The van der Waals surface area contributed by atoms with E-state index in [2.05, 4.69) is 4.99 Å². The van der Waals surface area contributed by atoms with Crippen LogP contribution in [-0.2, 0) is 19.1 Å². The van der Waals surface area contributed by atoms with Crippen LogP contribution in [-0.4, -0.2) is 45.8 Å². The number of cyclic esters (lactones) is 1. The predicted octanol–water partition coefficient (Wildman–Crippen LogP) is 3.39. The predicted molar refractivity (Wildman–Crippen MR) is 90.0 cm³/mol. The zero-order chi connectivity index (χ0) is 17.2. The van der Waals surface area contributed by atoms with Crippen molar-refractivity contribution in [2.24, 2.45) is 10.4 Å². The molecule has 1 aliphatic rings. The Balaban J connectivity index is 3.07. The minimum Gasteiger partial charge on any atom is -0.459 e. The van der Waals surface area contributed by atoms with Crippen molar-refractivity contribution in [2.75, 3.05) is 18.6 Å². The lowest BCUT2D eigenvalue weighted by Crippen LogP contribution is -2.45. The number of hydrogen-bond acceptors (Lipinski definition) is 6. The first-order valence-electron chi connectivity index (χ1n) is 6.48. The fraction of sp³-hybridized carbons (Fsp3) is 0.769. The van der Waals surface area contributed by atoms with E-state index in [9.17, 15) is 9.59 Å². The van der Waals surface area contributed by atoms with Gasteiger partial charge >= 0.3 is 11.9 Å². The number of alkyl halides is 3. The van der Waals surface area contributed by atoms with Crippen LogP contribution in [0.2, 0.25) is 0 Å². The average molecular weight is 391 g/mol. The zero-order valence-corrected chi connectivity index (χ0v) is 15.8. The minimum atomic E-state index is -1.75. The van der Waals surface area contributed by atoms with Crippen molar-refractivity contribution >= 4 is 64.4 Å². The third-order valence-corrected chi connectivity index (χ3v) is 3.77. The monoisotopic (exact) mass is 389 g/mol. The maximum Gasteiger partial charge on any atom is 0.352 e. The van der Waals surface area contributed by atoms with Gasteiger partial charge in [0.15, 0.2) is 0 Å². The summed E-state index contributed by atoms with van der Waals surface area (Å²) in [7, 11) is 0. The summed E-state index contributed by atoms with van der Waals surface area (Å²) in [5.41, 5.74) is -2.23. The van der Waals surface area contributed by atoms with Gasteiger partial charge in [-0.3, -0.25) is 0 Å². The summed E-state index contributed by atoms with van der Waals surface area (Å²) < 4.78 is 8.41. The van der Waals surface area contributed by atoms with E-state index in [0.717, 1.165) is 0 Å². The van der Waals surface area contributed by atoms with Crippen LogP contribution in [0.1, 0.15) is 27.2 Å². The van der Waals surface area contributed by atoms with E-state index in [1.807, 2.05) is 27.0 Å². The number of nitrogens with zero attached hydrogens (tertiary/aromatic N) is 1. The number of rotatable bonds is 5. The topological polar surface area (TPSA) is 65.0 Å². The molecule has 0 aromatic carbocycles. The Bertz CT molecular complexity index is 485. The van der Waals surface area contributed by atoms with Crippen LogP contribution in [0.4, 0.5) is 0 Å². The van der Waals surface area contributed by atoms with Gasteiger partial charge in [-0.05, 0) is 12.0 Å². The molecule has 1 atom stereocenters. The van der Waals surface area contributed by atoms with Gasteiger partial charge < -0.3 is 9.47 Å². The first-order valence-corrected chi connectivity index (χ1v) is 9.01. The highest BCUT2D eigenvalue weighted by Crippen LogP contribution is 2.34. The highest BCUT2D eigenvalue weighted by molar-refractivity contribution is 7.98. The van der Waals surface area contributed by atoms with Gasteiger partial charge in [0, 0.05) is 11.8 Å². The van der Waals surface area contributed by atoms with E-state index >= 15 is 0 Å². The molecule has 0 N–H and O–H groups in total. The van der Waals surface area contributed by atoms with Crippen LogP contribution >= 0.6 is 46.6 Å². The lowest BCUT2D eigenvalue weighted by molar-refractivity contribution is -0.158. The molecule has 1 aliphatic heterocycles. The maximum atomic E-state index is 12.4. The third-order valence-electron chi connectivity index (χ3n) is 2.83. The Kier molecular flexibility index (Phi) is 6.47. The van der Waals surface area contributed by atoms with E-state index in [1.165, 1.54) is 11.8 Å². The minimum absolute atomic E-state index is 0.158. The average Bonchev–Trinajstić information content (AvgIpc) is 2.71. The van der Waals surface area contributed by atoms with Crippen molar-refractivity contribution < 1.29 is 19.1 Å². The van der Waals surface area contributed by atoms with Crippen molar-refractivity contribution in [3.8, 4) is 0 Å². The van der Waals surface area contributed by atoms with Crippen LogP contribution in [0.5, 0.6) is 0 Å². The number of aliphatic imine (C=N–C) groups is 1. The lowest BCUT2D eigenvalue weighted by Gasteiger charge is -2.21. The molecule has 0 aliphatic carbocycles. The second-order valence-corrected chi connectivity index (χ2v) is 9.35. The fourth-order valence-electron chi connectivity index (χ4n) is 1.64. The molecule has 0 saturated heterocycles. The van der Waals surface area contributed by atoms with Crippen LogP contribution < -0.4 is 0 Å². The van der Waals surface area contributed by atoms with Crippen molar-refractivity contribution in [1.82, 2.24) is 0 Å². The Hall–Kier alpha value is -0.170. The first kappa shape index (κ1) is 19.9. The summed E-state index contributed by atoms with van der Waals surface area (Å²) in [6.07, 6.45) is 2.01. The van der Waals surface area contributed by atoms with Gasteiger partial charge in [0.25, 0.3) is 5.54 Å². The number of hydrogen-bond donors (Lipinski definition) is 0. The number of thioether (sulfide) groups is 1. The van der Waals surface area contributed by atoms with E-state index in [4.69, 9.17) is 44.3 Å². The summed E-state index contributed by atoms with van der Waals surface area (Å²) in [4.78, 5) is 28.9. The molecule has 1 rings (SSSR count). The molecule has 0 amide bonds. The van der Waals surface area contributed by atoms with Crippen LogP contribution in [0, 0.1) is 5.41 Å². The van der Waals surface area contributed by atoms with Crippen LogP contribution in [0.15, 0.2) is 4.99 Å². The molecule has 0 aromatic heterocycles. The highest BCUT2D eigenvalue weighted by atomic mass is 35.6. The molecular weight excluding hydrogens is 373 g/mol. The van der Waals surface area contributed by atoms with Crippen LogP contribution in [0.25, 0.3) is 0 Å². The summed E-state index contributed by atoms with van der Waals surface area (Å²) in [6.45, 7) is 5.02. The number of ether oxygens (including phenoxy) is 2. The molecule has 0 aromatic rings. The van der Waals surface area contributed by atoms with Gasteiger partial charge in [-0.15, -0.1) is 0 Å². The second-order valence-electron chi connectivity index (χ2n) is 5.85. The Morgan fingerprint density at radius 1 is 1.36 bits per heavy atom. The number of carbonyl (C=O) groups excluding carboxylic acids is 2. The third kappa shape index (κ3) is 4.91. The lowest BCUT2D eigenvalue weighted by atomic mass is 9.95. The number of esters is 2. The van der Waals surface area contributed by atoms with Gasteiger partial charge in [0.2, 0.25) is 9.69 Å². The molecule has 5 nitrogen and oxygen atoms in total. The number of halogens is 3. The summed E-state index contributed by atoms with van der Waals surface area (Å²) in [5.74, 6) is -0.888. The first-order chi connectivity index (χ1) is 9.92. The standard InChI is InChI=1S/C13H18Cl3NO4S/c1-11(2,3)8-17-12(5-6-22-4,10(19)21-8)9(18)20-7-13(14,15)16/h5-7H2,1-4H3/t12-/m0/s1. The summed E-state index contributed by atoms with van der Waals surface area (Å²) in [6, 6.07) is 0. The van der Waals surface area contributed by atoms with Gasteiger partial charge in [-0.2, -0.15) is 11.8 Å². The van der Waals surface area contributed by atoms with Crippen LogP contribution in [0.3, 0.4) is 0 Å². The van der Waals surface area contributed by atoms with Gasteiger partial charge in [-0.1, -0.05) is 55.6 Å². The smallest absolute Gasteiger partial charge is 0.352 e. The normalized spacial score (nSPS) is 22.3. The summed E-state index contributed by atoms with van der Waals surface area (Å²) >= 11 is 18.2. The molecule has 22 heavy (non-hydrogen) atoms. The molecule has 0 bridgehead atoms. The largest absolute Gasteiger partial charge is 0.459 e. The van der Waals surface area contributed by atoms with E-state index in [0.29, 0.717) is 5.75 Å². The molecule has 126 valence electrons. The van der Waals surface area contributed by atoms with Crippen molar-refractivity contribution in [1.29, 1.82) is 0 Å². The van der Waals surface area contributed by atoms with Gasteiger partial charge in [-0.25, -0.2) is 14.6 Å². The fourth-order valence-corrected chi connectivity index (χ4v) is 2.30. The molecule has 1 heterocycles. The van der Waals surface area contributed by atoms with Gasteiger partial charge in [0.05, 0.1) is 0 Å². The molecular formula is C13H18Cl3NO4S. The Morgan fingerprint density at radius 2 is 1.95 bits per heavy atom. The molecule has 0 unspecified atom stereocenters. The highest BCUT2D eigenvalue weighted by Gasteiger charge is 2.55.